The number of carbonyl (C=O) groups is 1. The highest BCUT2D eigenvalue weighted by molar-refractivity contribution is 5.97. The topological polar surface area (TPSA) is 30.0 Å². The van der Waals surface area contributed by atoms with Crippen molar-refractivity contribution in [2.75, 3.05) is 0 Å². The van der Waals surface area contributed by atoms with E-state index >= 15 is 0 Å². The van der Waals surface area contributed by atoms with E-state index < -0.39 is 0 Å². The molecule has 0 spiro atoms. The van der Waals surface area contributed by atoms with Gasteiger partial charge in [0, 0.05) is 16.6 Å². The summed E-state index contributed by atoms with van der Waals surface area (Å²) in [7, 11) is 0. The van der Waals surface area contributed by atoms with E-state index in [1.54, 1.807) is 6.07 Å². The first kappa shape index (κ1) is 13.4. The van der Waals surface area contributed by atoms with Crippen LogP contribution in [0.25, 0.3) is 10.9 Å². The maximum Gasteiger partial charge on any atom is 0.152 e. The molecule has 0 aliphatic carbocycles. The molecule has 0 bridgehead atoms. The summed E-state index contributed by atoms with van der Waals surface area (Å²) < 4.78 is 0. The van der Waals surface area contributed by atoms with Gasteiger partial charge in [0.25, 0.3) is 0 Å². The van der Waals surface area contributed by atoms with Crippen LogP contribution in [0.3, 0.4) is 0 Å². The highest BCUT2D eigenvalue weighted by Gasteiger charge is 2.07. The van der Waals surface area contributed by atoms with Crippen LogP contribution in [0.4, 0.5) is 0 Å². The second-order valence-corrected chi connectivity index (χ2v) is 3.81. The number of carbonyl (C=O) groups excluding carboxylic acids is 1. The number of hydrogen-bond donors (Lipinski definition) is 0. The summed E-state index contributed by atoms with van der Waals surface area (Å²) in [5, 5.41) is 1.07. The van der Waals surface area contributed by atoms with Crippen molar-refractivity contribution in [3.63, 3.8) is 0 Å². The Morgan fingerprint density at radius 2 is 1.71 bits per heavy atom. The molecular formula is C15H19NO. The van der Waals surface area contributed by atoms with Crippen molar-refractivity contribution >= 4 is 17.2 Å². The summed E-state index contributed by atoms with van der Waals surface area (Å²) >= 11 is 0. The predicted molar refractivity (Wildman–Crippen MR) is 72.7 cm³/mol. The van der Waals surface area contributed by atoms with Crippen LogP contribution in [0, 0.1) is 20.8 Å². The fourth-order valence-electron chi connectivity index (χ4n) is 1.81. The highest BCUT2D eigenvalue weighted by atomic mass is 16.1. The summed E-state index contributed by atoms with van der Waals surface area (Å²) in [4.78, 5) is 15.4. The first-order valence-electron chi connectivity index (χ1n) is 5.97. The summed E-state index contributed by atoms with van der Waals surface area (Å²) in [6.07, 6.45) is 0.865. The lowest BCUT2D eigenvalue weighted by atomic mass is 10.0. The molecule has 1 aromatic carbocycles. The molecule has 0 amide bonds. The lowest BCUT2D eigenvalue weighted by molar-refractivity contribution is 0.112. The van der Waals surface area contributed by atoms with E-state index in [1.807, 2.05) is 32.9 Å². The van der Waals surface area contributed by atoms with Gasteiger partial charge in [-0.2, -0.15) is 0 Å². The number of benzene rings is 1. The van der Waals surface area contributed by atoms with E-state index in [9.17, 15) is 4.79 Å². The monoisotopic (exact) mass is 229 g/mol. The summed E-state index contributed by atoms with van der Waals surface area (Å²) in [6, 6.07) is 5.71. The molecule has 17 heavy (non-hydrogen) atoms. The quantitative estimate of drug-likeness (QED) is 0.692. The van der Waals surface area contributed by atoms with E-state index in [2.05, 4.69) is 18.8 Å². The first-order chi connectivity index (χ1) is 8.15. The Hall–Kier alpha value is -1.70. The molecular weight excluding hydrogens is 210 g/mol. The molecule has 0 aliphatic rings. The minimum absolute atomic E-state index is 0.665. The van der Waals surface area contributed by atoms with Gasteiger partial charge in [0.15, 0.2) is 6.29 Å². The third-order valence-electron chi connectivity index (χ3n) is 2.98. The Morgan fingerprint density at radius 3 is 2.29 bits per heavy atom. The SMILES string of the molecule is CC.Cc1nc2c(C=O)cccc2c(C)c1C. The molecule has 1 aromatic heterocycles. The molecule has 2 aromatic rings. The first-order valence-corrected chi connectivity index (χ1v) is 5.97. The molecule has 0 atom stereocenters. The smallest absolute Gasteiger partial charge is 0.152 e. The normalized spacial score (nSPS) is 9.71. The number of aromatic nitrogens is 1. The van der Waals surface area contributed by atoms with Gasteiger partial charge >= 0.3 is 0 Å². The molecule has 2 heteroatoms. The molecule has 1 heterocycles. The summed E-state index contributed by atoms with van der Waals surface area (Å²) in [5.74, 6) is 0. The van der Waals surface area contributed by atoms with Gasteiger partial charge in [-0.25, -0.2) is 0 Å². The Bertz CT molecular complexity index is 544. The van der Waals surface area contributed by atoms with Crippen molar-refractivity contribution in [2.45, 2.75) is 34.6 Å². The average Bonchev–Trinajstić information content (AvgIpc) is 2.38. The van der Waals surface area contributed by atoms with Crippen molar-refractivity contribution in [3.8, 4) is 0 Å². The largest absolute Gasteiger partial charge is 0.298 e. The molecule has 0 saturated carbocycles. The van der Waals surface area contributed by atoms with E-state index in [4.69, 9.17) is 0 Å². The maximum absolute atomic E-state index is 10.9. The van der Waals surface area contributed by atoms with Gasteiger partial charge in [0.1, 0.15) is 0 Å². The molecule has 0 radical (unpaired) electrons. The van der Waals surface area contributed by atoms with Gasteiger partial charge in [0.05, 0.1) is 5.52 Å². The molecule has 0 aliphatic heterocycles. The van der Waals surface area contributed by atoms with E-state index in [0.29, 0.717) is 5.56 Å². The number of hydrogen-bond acceptors (Lipinski definition) is 2. The molecule has 90 valence electrons. The number of fused-ring (bicyclic) bond motifs is 1. The number of pyridine rings is 1. The van der Waals surface area contributed by atoms with Crippen LogP contribution < -0.4 is 0 Å². The maximum atomic E-state index is 10.9. The Morgan fingerprint density at radius 1 is 1.06 bits per heavy atom. The van der Waals surface area contributed by atoms with Crippen LogP contribution in [0.2, 0.25) is 0 Å². The molecule has 2 nitrogen and oxygen atoms in total. The van der Waals surface area contributed by atoms with Gasteiger partial charge in [-0.05, 0) is 38.0 Å². The van der Waals surface area contributed by atoms with Crippen molar-refractivity contribution in [1.82, 2.24) is 4.98 Å². The number of aryl methyl sites for hydroxylation is 2. The van der Waals surface area contributed by atoms with Crippen LogP contribution >= 0.6 is 0 Å². The molecule has 0 N–H and O–H groups in total. The van der Waals surface area contributed by atoms with E-state index in [-0.39, 0.29) is 0 Å². The Kier molecular flexibility index (Phi) is 4.38. The number of aldehydes is 1. The zero-order valence-electron chi connectivity index (χ0n) is 11.2. The summed E-state index contributed by atoms with van der Waals surface area (Å²) in [5.41, 5.74) is 4.88. The lowest BCUT2D eigenvalue weighted by Crippen LogP contribution is -1.96. The zero-order chi connectivity index (χ0) is 13.0. The highest BCUT2D eigenvalue weighted by Crippen LogP contribution is 2.23. The predicted octanol–water partition coefficient (Wildman–Crippen LogP) is 4.00. The second-order valence-electron chi connectivity index (χ2n) is 3.81. The van der Waals surface area contributed by atoms with Crippen molar-refractivity contribution in [1.29, 1.82) is 0 Å². The number of para-hydroxylation sites is 1. The third-order valence-corrected chi connectivity index (χ3v) is 2.98. The van der Waals surface area contributed by atoms with Gasteiger partial charge in [-0.3, -0.25) is 9.78 Å². The second kappa shape index (κ2) is 5.58. The van der Waals surface area contributed by atoms with E-state index in [0.717, 1.165) is 22.9 Å². The van der Waals surface area contributed by atoms with Gasteiger partial charge in [-0.15, -0.1) is 0 Å². The Balaban J connectivity index is 0.000000686. The van der Waals surface area contributed by atoms with Gasteiger partial charge in [-0.1, -0.05) is 26.0 Å². The van der Waals surface area contributed by atoms with Crippen molar-refractivity contribution in [3.05, 3.63) is 40.6 Å². The zero-order valence-corrected chi connectivity index (χ0v) is 11.2. The number of nitrogens with zero attached hydrogens (tertiary/aromatic N) is 1. The fraction of sp³-hybridized carbons (Fsp3) is 0.333. The van der Waals surface area contributed by atoms with Gasteiger partial charge < -0.3 is 0 Å². The minimum Gasteiger partial charge on any atom is -0.298 e. The summed E-state index contributed by atoms with van der Waals surface area (Å²) in [6.45, 7) is 10.1. The third kappa shape index (κ3) is 2.36. The average molecular weight is 229 g/mol. The van der Waals surface area contributed by atoms with Gasteiger partial charge in [0.2, 0.25) is 0 Å². The minimum atomic E-state index is 0.665. The molecule has 0 fully saturated rings. The molecule has 0 unspecified atom stereocenters. The van der Waals surface area contributed by atoms with Crippen molar-refractivity contribution in [2.24, 2.45) is 0 Å². The Labute approximate surface area is 103 Å². The van der Waals surface area contributed by atoms with Crippen LogP contribution in [0.5, 0.6) is 0 Å². The van der Waals surface area contributed by atoms with E-state index in [1.165, 1.54) is 11.1 Å². The standard InChI is InChI=1S/C13H13NO.C2H6/c1-8-9(2)12-6-4-5-11(7-15)13(12)14-10(8)3;1-2/h4-7H,1-3H3;1-2H3. The lowest BCUT2D eigenvalue weighted by Gasteiger charge is -2.09. The fourth-order valence-corrected chi connectivity index (χ4v) is 1.81. The van der Waals surface area contributed by atoms with Crippen LogP contribution in [0.15, 0.2) is 18.2 Å². The molecule has 0 saturated heterocycles. The number of rotatable bonds is 1. The molecule has 2 rings (SSSR count). The van der Waals surface area contributed by atoms with Crippen LogP contribution in [-0.4, -0.2) is 11.3 Å². The van der Waals surface area contributed by atoms with Crippen LogP contribution in [-0.2, 0) is 0 Å². The van der Waals surface area contributed by atoms with Crippen molar-refractivity contribution < 1.29 is 4.79 Å². The van der Waals surface area contributed by atoms with Crippen LogP contribution in [0.1, 0.15) is 41.0 Å².